The molecule has 0 aromatic carbocycles. The van der Waals surface area contributed by atoms with Gasteiger partial charge in [-0.25, -0.2) is 0 Å². The van der Waals surface area contributed by atoms with Crippen molar-refractivity contribution in [1.82, 2.24) is 0 Å². The summed E-state index contributed by atoms with van der Waals surface area (Å²) in [6, 6.07) is 0. The van der Waals surface area contributed by atoms with E-state index in [9.17, 15) is 9.59 Å². The van der Waals surface area contributed by atoms with E-state index in [-0.39, 0.29) is 29.6 Å². The maximum atomic E-state index is 10.6. The van der Waals surface area contributed by atoms with E-state index < -0.39 is 23.8 Å². The Balaban J connectivity index is 0.00000144. The SMILES string of the molecule is O=C(O)C1C=CCCC1C(=O)O.[Na]. The van der Waals surface area contributed by atoms with Crippen LogP contribution in [0.3, 0.4) is 0 Å². The first-order chi connectivity index (χ1) is 5.63. The molecule has 0 spiro atoms. The minimum atomic E-state index is -1.06. The summed E-state index contributed by atoms with van der Waals surface area (Å²) in [5, 5.41) is 17.3. The van der Waals surface area contributed by atoms with Crippen LogP contribution < -0.4 is 0 Å². The summed E-state index contributed by atoms with van der Waals surface area (Å²) in [4.78, 5) is 21.1. The van der Waals surface area contributed by atoms with Crippen molar-refractivity contribution >= 4 is 41.5 Å². The molecule has 13 heavy (non-hydrogen) atoms. The summed E-state index contributed by atoms with van der Waals surface area (Å²) in [6.45, 7) is 0. The number of carboxylic acids is 2. The molecule has 0 aliphatic heterocycles. The van der Waals surface area contributed by atoms with Crippen molar-refractivity contribution in [3.8, 4) is 0 Å². The maximum absolute atomic E-state index is 10.6. The molecule has 0 saturated carbocycles. The summed E-state index contributed by atoms with van der Waals surface area (Å²) in [5.74, 6) is -3.69. The van der Waals surface area contributed by atoms with Gasteiger partial charge in [0.15, 0.2) is 0 Å². The van der Waals surface area contributed by atoms with Gasteiger partial charge in [0.1, 0.15) is 0 Å². The van der Waals surface area contributed by atoms with Crippen molar-refractivity contribution in [1.29, 1.82) is 0 Å². The van der Waals surface area contributed by atoms with E-state index in [2.05, 4.69) is 0 Å². The van der Waals surface area contributed by atoms with Gasteiger partial charge in [0.25, 0.3) is 0 Å². The van der Waals surface area contributed by atoms with E-state index in [0.717, 1.165) is 0 Å². The molecule has 2 atom stereocenters. The molecule has 0 saturated heterocycles. The molecule has 2 N–H and O–H groups in total. The zero-order chi connectivity index (χ0) is 9.14. The second-order valence-corrected chi connectivity index (χ2v) is 2.81. The predicted octanol–water partition coefficient (Wildman–Crippen LogP) is 0.357. The molecule has 2 unspecified atom stereocenters. The number of hydrogen-bond donors (Lipinski definition) is 2. The van der Waals surface area contributed by atoms with Crippen molar-refractivity contribution in [2.45, 2.75) is 12.8 Å². The van der Waals surface area contributed by atoms with E-state index in [4.69, 9.17) is 10.2 Å². The zero-order valence-corrected chi connectivity index (χ0v) is 9.43. The zero-order valence-electron chi connectivity index (χ0n) is 7.43. The van der Waals surface area contributed by atoms with E-state index in [1.165, 1.54) is 6.08 Å². The van der Waals surface area contributed by atoms with E-state index >= 15 is 0 Å². The molecule has 67 valence electrons. The van der Waals surface area contributed by atoms with Gasteiger partial charge in [0, 0.05) is 29.6 Å². The van der Waals surface area contributed by atoms with Gasteiger partial charge in [-0.1, -0.05) is 12.2 Å². The summed E-state index contributed by atoms with van der Waals surface area (Å²) in [5.41, 5.74) is 0. The van der Waals surface area contributed by atoms with Crippen LogP contribution in [0.2, 0.25) is 0 Å². The molecule has 0 aromatic rings. The summed E-state index contributed by atoms with van der Waals surface area (Å²) in [7, 11) is 0. The molecular weight excluding hydrogens is 183 g/mol. The molecule has 0 aromatic heterocycles. The second-order valence-electron chi connectivity index (χ2n) is 2.81. The first-order valence-electron chi connectivity index (χ1n) is 3.75. The molecule has 1 radical (unpaired) electrons. The molecule has 1 aliphatic carbocycles. The number of aliphatic carboxylic acids is 2. The van der Waals surface area contributed by atoms with Gasteiger partial charge in [-0.15, -0.1) is 0 Å². The van der Waals surface area contributed by atoms with Crippen LogP contribution in [0.15, 0.2) is 12.2 Å². The van der Waals surface area contributed by atoms with Crippen LogP contribution in [-0.2, 0) is 9.59 Å². The van der Waals surface area contributed by atoms with Crippen LogP contribution in [0.5, 0.6) is 0 Å². The van der Waals surface area contributed by atoms with Gasteiger partial charge < -0.3 is 10.2 Å². The van der Waals surface area contributed by atoms with Gasteiger partial charge in [-0.2, -0.15) is 0 Å². The molecular formula is C8H10NaO4. The smallest absolute Gasteiger partial charge is 0.311 e. The number of hydrogen-bond acceptors (Lipinski definition) is 2. The van der Waals surface area contributed by atoms with Crippen LogP contribution in [0.4, 0.5) is 0 Å². The third-order valence-electron chi connectivity index (χ3n) is 2.02. The van der Waals surface area contributed by atoms with Gasteiger partial charge in [0.2, 0.25) is 0 Å². The summed E-state index contributed by atoms with van der Waals surface area (Å²) < 4.78 is 0. The Morgan fingerprint density at radius 2 is 1.85 bits per heavy atom. The Bertz CT molecular complexity index is 236. The van der Waals surface area contributed by atoms with Crippen molar-refractivity contribution < 1.29 is 19.8 Å². The number of carboxylic acid groups (broad SMARTS) is 2. The molecule has 0 amide bonds. The number of allylic oxidation sites excluding steroid dienone is 1. The molecule has 1 rings (SSSR count). The van der Waals surface area contributed by atoms with Crippen LogP contribution in [0, 0.1) is 11.8 Å². The first-order valence-corrected chi connectivity index (χ1v) is 3.75. The summed E-state index contributed by atoms with van der Waals surface area (Å²) in [6.07, 6.45) is 4.26. The third kappa shape index (κ3) is 3.14. The normalized spacial score (nSPS) is 26.2. The van der Waals surface area contributed by atoms with Crippen LogP contribution in [-0.4, -0.2) is 51.7 Å². The number of rotatable bonds is 2. The molecule has 4 nitrogen and oxygen atoms in total. The Hall–Kier alpha value is -0.320. The minimum Gasteiger partial charge on any atom is -0.481 e. The Morgan fingerprint density at radius 1 is 1.23 bits per heavy atom. The predicted molar refractivity (Wildman–Crippen MR) is 46.4 cm³/mol. The molecule has 1 aliphatic rings. The fourth-order valence-corrected chi connectivity index (χ4v) is 1.36. The Labute approximate surface area is 97.9 Å². The third-order valence-corrected chi connectivity index (χ3v) is 2.02. The van der Waals surface area contributed by atoms with Crippen molar-refractivity contribution in [3.63, 3.8) is 0 Å². The maximum Gasteiger partial charge on any atom is 0.311 e. The molecule has 0 heterocycles. The molecule has 5 heteroatoms. The standard InChI is InChI=1S/C8H10O4.Na/c9-7(10)5-3-1-2-4-6(5)8(11)12;/h1,3,5-6H,2,4H2,(H,9,10)(H,11,12);. The summed E-state index contributed by atoms with van der Waals surface area (Å²) >= 11 is 0. The number of carbonyl (C=O) groups is 2. The quantitative estimate of drug-likeness (QED) is 0.490. The molecule has 0 bridgehead atoms. The van der Waals surface area contributed by atoms with E-state index in [0.29, 0.717) is 12.8 Å². The first kappa shape index (κ1) is 12.7. The van der Waals surface area contributed by atoms with Gasteiger partial charge >= 0.3 is 11.9 Å². The Kier molecular flexibility index (Phi) is 5.29. The van der Waals surface area contributed by atoms with Crippen LogP contribution >= 0.6 is 0 Å². The average molecular weight is 193 g/mol. The van der Waals surface area contributed by atoms with E-state index in [1.807, 2.05) is 0 Å². The molecule has 0 fully saturated rings. The van der Waals surface area contributed by atoms with Crippen molar-refractivity contribution in [2.24, 2.45) is 11.8 Å². The van der Waals surface area contributed by atoms with Gasteiger partial charge in [0.05, 0.1) is 11.8 Å². The average Bonchev–Trinajstić information content (AvgIpc) is 2.04. The van der Waals surface area contributed by atoms with Gasteiger partial charge in [-0.3, -0.25) is 9.59 Å². The van der Waals surface area contributed by atoms with Crippen LogP contribution in [0.25, 0.3) is 0 Å². The topological polar surface area (TPSA) is 74.6 Å². The second kappa shape index (κ2) is 5.42. The van der Waals surface area contributed by atoms with Crippen LogP contribution in [0.1, 0.15) is 12.8 Å². The Morgan fingerprint density at radius 3 is 2.23 bits per heavy atom. The van der Waals surface area contributed by atoms with Crippen molar-refractivity contribution in [2.75, 3.05) is 0 Å². The fraction of sp³-hybridized carbons (Fsp3) is 0.500. The largest absolute Gasteiger partial charge is 0.481 e. The van der Waals surface area contributed by atoms with Crippen molar-refractivity contribution in [3.05, 3.63) is 12.2 Å². The van der Waals surface area contributed by atoms with Gasteiger partial charge in [-0.05, 0) is 12.8 Å². The van der Waals surface area contributed by atoms with E-state index in [1.54, 1.807) is 6.08 Å². The monoisotopic (exact) mass is 193 g/mol. The minimum absolute atomic E-state index is 0. The fourth-order valence-electron chi connectivity index (χ4n) is 1.36.